The van der Waals surface area contributed by atoms with E-state index < -0.39 is 10.9 Å². The van der Waals surface area contributed by atoms with Crippen molar-refractivity contribution < 1.29 is 14.8 Å². The van der Waals surface area contributed by atoms with Crippen molar-refractivity contribution >= 4 is 17.3 Å². The highest BCUT2D eigenvalue weighted by Crippen LogP contribution is 2.27. The number of nitro benzene ring substituents is 1. The van der Waals surface area contributed by atoms with Crippen LogP contribution < -0.4 is 5.32 Å². The van der Waals surface area contributed by atoms with Crippen LogP contribution in [0.4, 0.5) is 11.4 Å². The van der Waals surface area contributed by atoms with Crippen molar-refractivity contribution in [1.29, 1.82) is 0 Å². The molecule has 0 unspecified atom stereocenters. The average Bonchev–Trinajstić information content (AvgIpc) is 2.35. The van der Waals surface area contributed by atoms with Gasteiger partial charge in [0.1, 0.15) is 5.69 Å². The van der Waals surface area contributed by atoms with Gasteiger partial charge in [-0.3, -0.25) is 10.1 Å². The molecule has 2 N–H and O–H groups in total. The summed E-state index contributed by atoms with van der Waals surface area (Å²) in [4.78, 5) is 21.2. The Morgan fingerprint density at radius 1 is 1.44 bits per heavy atom. The fourth-order valence-electron chi connectivity index (χ4n) is 1.66. The topological polar surface area (TPSA) is 92.5 Å². The van der Waals surface area contributed by atoms with E-state index in [0.717, 1.165) is 12.8 Å². The first-order valence-electron chi connectivity index (χ1n) is 5.77. The molecule has 1 rings (SSSR count). The van der Waals surface area contributed by atoms with Crippen molar-refractivity contribution in [3.63, 3.8) is 0 Å². The van der Waals surface area contributed by atoms with Crippen LogP contribution in [0.3, 0.4) is 0 Å². The van der Waals surface area contributed by atoms with E-state index in [1.807, 2.05) is 13.8 Å². The van der Waals surface area contributed by atoms with Crippen LogP contribution in [0, 0.1) is 10.1 Å². The number of benzene rings is 1. The predicted molar refractivity (Wildman–Crippen MR) is 68.0 cm³/mol. The molecule has 0 aromatic heterocycles. The SMILES string of the molecule is CCC(CC)Nc1cc(C(=O)O)ccc1[N+](=O)[O-]. The number of hydrogen-bond acceptors (Lipinski definition) is 4. The third-order valence-corrected chi connectivity index (χ3v) is 2.79. The number of nitrogens with zero attached hydrogens (tertiary/aromatic N) is 1. The minimum Gasteiger partial charge on any atom is -0.478 e. The van der Waals surface area contributed by atoms with Crippen molar-refractivity contribution in [2.24, 2.45) is 0 Å². The van der Waals surface area contributed by atoms with Gasteiger partial charge in [0.05, 0.1) is 10.5 Å². The Balaban J connectivity index is 3.14. The second-order valence-electron chi connectivity index (χ2n) is 3.95. The lowest BCUT2D eigenvalue weighted by Crippen LogP contribution is -2.18. The third kappa shape index (κ3) is 3.19. The first kappa shape index (κ1) is 14.0. The van der Waals surface area contributed by atoms with Crippen molar-refractivity contribution in [3.8, 4) is 0 Å². The van der Waals surface area contributed by atoms with E-state index >= 15 is 0 Å². The highest BCUT2D eigenvalue weighted by Gasteiger charge is 2.18. The molecule has 0 atom stereocenters. The summed E-state index contributed by atoms with van der Waals surface area (Å²) in [5, 5.41) is 22.8. The Kier molecular flexibility index (Phi) is 4.65. The summed E-state index contributed by atoms with van der Waals surface area (Å²) < 4.78 is 0. The minimum absolute atomic E-state index is 0.0362. The Morgan fingerprint density at radius 3 is 2.50 bits per heavy atom. The Bertz CT molecular complexity index is 455. The maximum atomic E-state index is 10.9. The molecule has 0 fully saturated rings. The molecule has 98 valence electrons. The van der Waals surface area contributed by atoms with Gasteiger partial charge in [-0.1, -0.05) is 13.8 Å². The lowest BCUT2D eigenvalue weighted by molar-refractivity contribution is -0.384. The Morgan fingerprint density at radius 2 is 2.06 bits per heavy atom. The highest BCUT2D eigenvalue weighted by atomic mass is 16.6. The van der Waals surface area contributed by atoms with Gasteiger partial charge in [-0.15, -0.1) is 0 Å². The van der Waals surface area contributed by atoms with Crippen LogP contribution in [-0.4, -0.2) is 22.0 Å². The summed E-state index contributed by atoms with van der Waals surface area (Å²) in [6.45, 7) is 3.93. The van der Waals surface area contributed by atoms with Crippen molar-refractivity contribution in [1.82, 2.24) is 0 Å². The standard InChI is InChI=1S/C12H16N2O4/c1-3-9(4-2)13-10-7-8(12(15)16)5-6-11(10)14(17)18/h5-7,9,13H,3-4H2,1-2H3,(H,15,16). The number of nitro groups is 1. The highest BCUT2D eigenvalue weighted by molar-refractivity contribution is 5.90. The maximum absolute atomic E-state index is 10.9. The molecule has 0 radical (unpaired) electrons. The maximum Gasteiger partial charge on any atom is 0.335 e. The number of anilines is 1. The Labute approximate surface area is 105 Å². The third-order valence-electron chi connectivity index (χ3n) is 2.79. The predicted octanol–water partition coefficient (Wildman–Crippen LogP) is 2.89. The largest absolute Gasteiger partial charge is 0.478 e. The molecule has 6 heteroatoms. The number of aromatic carboxylic acids is 1. The normalized spacial score (nSPS) is 10.4. The summed E-state index contributed by atoms with van der Waals surface area (Å²) in [7, 11) is 0. The van der Waals surface area contributed by atoms with Gasteiger partial charge in [0, 0.05) is 12.1 Å². The molecule has 0 amide bonds. The van der Waals surface area contributed by atoms with Crippen LogP contribution in [-0.2, 0) is 0 Å². The van der Waals surface area contributed by atoms with E-state index in [2.05, 4.69) is 5.32 Å². The van der Waals surface area contributed by atoms with Crippen LogP contribution in [0.1, 0.15) is 37.0 Å². The zero-order valence-electron chi connectivity index (χ0n) is 10.3. The summed E-state index contributed by atoms with van der Waals surface area (Å²) in [6.07, 6.45) is 1.62. The molecule has 0 bridgehead atoms. The quantitative estimate of drug-likeness (QED) is 0.599. The van der Waals surface area contributed by atoms with E-state index in [9.17, 15) is 14.9 Å². The number of carboxylic acids is 1. The number of nitrogens with one attached hydrogen (secondary N) is 1. The summed E-state index contributed by atoms with van der Waals surface area (Å²) >= 11 is 0. The van der Waals surface area contributed by atoms with E-state index in [4.69, 9.17) is 5.11 Å². The molecule has 0 aliphatic heterocycles. The van der Waals surface area contributed by atoms with Gasteiger partial charge in [-0.05, 0) is 25.0 Å². The molecular formula is C12H16N2O4. The van der Waals surface area contributed by atoms with E-state index in [1.165, 1.54) is 18.2 Å². The zero-order valence-corrected chi connectivity index (χ0v) is 10.3. The summed E-state index contributed by atoms with van der Waals surface area (Å²) in [6, 6.07) is 3.85. The summed E-state index contributed by atoms with van der Waals surface area (Å²) in [5.41, 5.74) is 0.189. The van der Waals surface area contributed by atoms with Gasteiger partial charge in [0.15, 0.2) is 0 Å². The molecule has 1 aromatic carbocycles. The molecule has 6 nitrogen and oxygen atoms in total. The lowest BCUT2D eigenvalue weighted by Gasteiger charge is -2.16. The molecule has 0 spiro atoms. The summed E-state index contributed by atoms with van der Waals surface area (Å²) in [5.74, 6) is -1.10. The molecule has 1 aromatic rings. The van der Waals surface area contributed by atoms with Crippen LogP contribution in [0.25, 0.3) is 0 Å². The van der Waals surface area contributed by atoms with Crippen molar-refractivity contribution in [3.05, 3.63) is 33.9 Å². The average molecular weight is 252 g/mol. The van der Waals surface area contributed by atoms with Crippen LogP contribution in [0.2, 0.25) is 0 Å². The second-order valence-corrected chi connectivity index (χ2v) is 3.95. The van der Waals surface area contributed by atoms with Gasteiger partial charge >= 0.3 is 5.97 Å². The van der Waals surface area contributed by atoms with Gasteiger partial charge in [0.25, 0.3) is 5.69 Å². The van der Waals surface area contributed by atoms with Gasteiger partial charge < -0.3 is 10.4 Å². The van der Waals surface area contributed by atoms with Crippen molar-refractivity contribution in [2.45, 2.75) is 32.7 Å². The fraction of sp³-hybridized carbons (Fsp3) is 0.417. The molecule has 0 aliphatic rings. The second kappa shape index (κ2) is 6.00. The van der Waals surface area contributed by atoms with Gasteiger partial charge in [0.2, 0.25) is 0 Å². The number of rotatable bonds is 6. The molecule has 0 aliphatic carbocycles. The van der Waals surface area contributed by atoms with Crippen molar-refractivity contribution in [2.75, 3.05) is 5.32 Å². The molecule has 18 heavy (non-hydrogen) atoms. The lowest BCUT2D eigenvalue weighted by atomic mass is 10.1. The van der Waals surface area contributed by atoms with Crippen LogP contribution in [0.5, 0.6) is 0 Å². The minimum atomic E-state index is -1.10. The molecule has 0 saturated heterocycles. The van der Waals surface area contributed by atoms with Crippen LogP contribution in [0.15, 0.2) is 18.2 Å². The van der Waals surface area contributed by atoms with E-state index in [0.29, 0.717) is 0 Å². The first-order chi connectivity index (χ1) is 8.49. The van der Waals surface area contributed by atoms with Gasteiger partial charge in [-0.2, -0.15) is 0 Å². The van der Waals surface area contributed by atoms with E-state index in [1.54, 1.807) is 0 Å². The fourth-order valence-corrected chi connectivity index (χ4v) is 1.66. The molecule has 0 heterocycles. The molecular weight excluding hydrogens is 236 g/mol. The van der Waals surface area contributed by atoms with Gasteiger partial charge in [-0.25, -0.2) is 4.79 Å². The first-order valence-corrected chi connectivity index (χ1v) is 5.77. The number of carboxylic acid groups (broad SMARTS) is 1. The van der Waals surface area contributed by atoms with E-state index in [-0.39, 0.29) is 23.0 Å². The molecule has 0 saturated carbocycles. The monoisotopic (exact) mass is 252 g/mol. The number of carbonyl (C=O) groups is 1. The Hall–Kier alpha value is -2.11. The smallest absolute Gasteiger partial charge is 0.335 e. The van der Waals surface area contributed by atoms with Crippen LogP contribution >= 0.6 is 0 Å². The zero-order chi connectivity index (χ0) is 13.7. The number of hydrogen-bond donors (Lipinski definition) is 2.